The van der Waals surface area contributed by atoms with Crippen molar-refractivity contribution in [2.45, 2.75) is 17.1 Å². The molecular weight excluding hydrogens is 413 g/mol. The zero-order valence-corrected chi connectivity index (χ0v) is 16.1. The fraction of sp³-hybridized carbons (Fsp3) is 0.158. The van der Waals surface area contributed by atoms with Gasteiger partial charge in [0.05, 0.1) is 7.11 Å². The summed E-state index contributed by atoms with van der Waals surface area (Å²) in [6, 6.07) is 14.2. The minimum absolute atomic E-state index is 0.0432. The summed E-state index contributed by atoms with van der Waals surface area (Å²) in [6.45, 7) is 0. The number of rotatable bonds is 6. The molecule has 3 rings (SSSR count). The molecule has 0 aliphatic heterocycles. The number of nitrogens with zero attached hydrogens (tertiary/aromatic N) is 2. The largest absolute Gasteiger partial charge is 0.497 e. The highest BCUT2D eigenvalue weighted by atomic mass is 35.5. The number of hydrogen-bond acceptors (Lipinski definition) is 5. The van der Waals surface area contributed by atoms with Gasteiger partial charge in [0.25, 0.3) is 0 Å². The molecule has 0 bridgehead atoms. The lowest BCUT2D eigenvalue weighted by Crippen LogP contribution is -2.10. The van der Waals surface area contributed by atoms with Crippen LogP contribution < -0.4 is 9.47 Å². The molecule has 3 aromatic rings. The summed E-state index contributed by atoms with van der Waals surface area (Å²) in [5.74, 6) is 1.10. The third-order valence-corrected chi connectivity index (χ3v) is 4.66. The van der Waals surface area contributed by atoms with E-state index in [2.05, 4.69) is 9.97 Å². The van der Waals surface area contributed by atoms with Crippen molar-refractivity contribution >= 4 is 23.4 Å². The molecule has 146 valence electrons. The van der Waals surface area contributed by atoms with Crippen LogP contribution in [0.15, 0.2) is 59.8 Å². The fourth-order valence-electron chi connectivity index (χ4n) is 2.21. The molecule has 28 heavy (non-hydrogen) atoms. The standard InChI is InChI=1S/C19H14ClF3N2O2S/c1-26-14-5-7-15(8-6-14)27-17-10-16(19(21,22)23)24-18(25-17)28-11-12-3-2-4-13(20)9-12/h2-10H,11H2,1H3. The average molecular weight is 427 g/mol. The number of benzene rings is 2. The zero-order valence-electron chi connectivity index (χ0n) is 14.5. The van der Waals surface area contributed by atoms with Gasteiger partial charge in [-0.3, -0.25) is 0 Å². The van der Waals surface area contributed by atoms with Crippen molar-refractivity contribution in [2.24, 2.45) is 0 Å². The van der Waals surface area contributed by atoms with Gasteiger partial charge in [-0.05, 0) is 42.0 Å². The monoisotopic (exact) mass is 426 g/mol. The van der Waals surface area contributed by atoms with Crippen molar-refractivity contribution in [3.63, 3.8) is 0 Å². The van der Waals surface area contributed by atoms with Gasteiger partial charge >= 0.3 is 6.18 Å². The molecule has 0 aliphatic carbocycles. The first kappa shape index (κ1) is 20.3. The van der Waals surface area contributed by atoms with E-state index in [1.807, 2.05) is 6.07 Å². The Morgan fingerprint density at radius 2 is 1.71 bits per heavy atom. The molecule has 9 heteroatoms. The molecule has 4 nitrogen and oxygen atoms in total. The fourth-order valence-corrected chi connectivity index (χ4v) is 3.21. The smallest absolute Gasteiger partial charge is 0.433 e. The number of hydrogen-bond donors (Lipinski definition) is 0. The SMILES string of the molecule is COc1ccc(Oc2cc(C(F)(F)F)nc(SCc3cccc(Cl)c3)n2)cc1. The second-order valence-corrected chi connectivity index (χ2v) is 6.95. The van der Waals surface area contributed by atoms with Gasteiger partial charge in [-0.15, -0.1) is 0 Å². The van der Waals surface area contributed by atoms with E-state index in [4.69, 9.17) is 21.1 Å². The van der Waals surface area contributed by atoms with Crippen LogP contribution in [0.25, 0.3) is 0 Å². The topological polar surface area (TPSA) is 44.2 Å². The number of alkyl halides is 3. The molecule has 1 heterocycles. The normalized spacial score (nSPS) is 11.3. The van der Waals surface area contributed by atoms with Crippen molar-refractivity contribution in [1.82, 2.24) is 9.97 Å². The molecule has 0 unspecified atom stereocenters. The molecule has 0 spiro atoms. The first-order valence-corrected chi connectivity index (χ1v) is 9.35. The summed E-state index contributed by atoms with van der Waals surface area (Å²) in [6.07, 6.45) is -4.62. The molecule has 0 atom stereocenters. The van der Waals surface area contributed by atoms with E-state index in [0.717, 1.165) is 23.4 Å². The zero-order chi connectivity index (χ0) is 20.1. The highest BCUT2D eigenvalue weighted by Crippen LogP contribution is 2.33. The molecule has 1 aromatic heterocycles. The van der Waals surface area contributed by atoms with Crippen molar-refractivity contribution < 1.29 is 22.6 Å². The Hall–Kier alpha value is -2.45. The molecule has 2 aromatic carbocycles. The Morgan fingerprint density at radius 1 is 1.00 bits per heavy atom. The van der Waals surface area contributed by atoms with E-state index < -0.39 is 11.9 Å². The second kappa shape index (κ2) is 8.70. The van der Waals surface area contributed by atoms with Gasteiger partial charge in [0.1, 0.15) is 11.5 Å². The van der Waals surface area contributed by atoms with Crippen LogP contribution in [-0.2, 0) is 11.9 Å². The third-order valence-electron chi connectivity index (χ3n) is 3.51. The lowest BCUT2D eigenvalue weighted by Gasteiger charge is -2.11. The first-order valence-electron chi connectivity index (χ1n) is 7.99. The van der Waals surface area contributed by atoms with Crippen molar-refractivity contribution in [3.05, 3.63) is 70.9 Å². The summed E-state index contributed by atoms with van der Waals surface area (Å²) in [5.41, 5.74) is -0.226. The number of ether oxygens (including phenoxy) is 2. The quantitative estimate of drug-likeness (QED) is 0.344. The van der Waals surface area contributed by atoms with Gasteiger partial charge in [-0.25, -0.2) is 4.98 Å². The van der Waals surface area contributed by atoms with Gasteiger partial charge in [0, 0.05) is 16.8 Å². The van der Waals surface area contributed by atoms with E-state index in [0.29, 0.717) is 22.3 Å². The summed E-state index contributed by atoms with van der Waals surface area (Å²) in [4.78, 5) is 7.69. The van der Waals surface area contributed by atoms with Gasteiger partial charge < -0.3 is 9.47 Å². The summed E-state index contributed by atoms with van der Waals surface area (Å²) in [5, 5.41) is 0.505. The molecule has 0 amide bonds. The van der Waals surface area contributed by atoms with Gasteiger partial charge in [-0.2, -0.15) is 18.2 Å². The van der Waals surface area contributed by atoms with Gasteiger partial charge in [0.2, 0.25) is 5.88 Å². The molecular formula is C19H14ClF3N2O2S. The first-order chi connectivity index (χ1) is 13.3. The summed E-state index contributed by atoms with van der Waals surface area (Å²) >= 11 is 6.99. The lowest BCUT2D eigenvalue weighted by atomic mass is 10.2. The molecule has 0 saturated heterocycles. The maximum absolute atomic E-state index is 13.2. The highest BCUT2D eigenvalue weighted by molar-refractivity contribution is 7.98. The predicted octanol–water partition coefficient (Wildman–Crippen LogP) is 6.24. The van der Waals surface area contributed by atoms with Crippen LogP contribution in [0.5, 0.6) is 17.4 Å². The molecule has 0 radical (unpaired) electrons. The predicted molar refractivity (Wildman–Crippen MR) is 101 cm³/mol. The minimum Gasteiger partial charge on any atom is -0.497 e. The van der Waals surface area contributed by atoms with E-state index in [1.165, 1.54) is 7.11 Å². The number of aromatic nitrogens is 2. The highest BCUT2D eigenvalue weighted by Gasteiger charge is 2.34. The molecule has 0 saturated carbocycles. The number of halogens is 4. The Balaban J connectivity index is 1.83. The Labute approximate surface area is 168 Å². The summed E-state index contributed by atoms with van der Waals surface area (Å²) in [7, 11) is 1.51. The van der Waals surface area contributed by atoms with E-state index >= 15 is 0 Å². The lowest BCUT2D eigenvalue weighted by molar-refractivity contribution is -0.141. The molecule has 0 aliphatic rings. The van der Waals surface area contributed by atoms with Crippen molar-refractivity contribution in [1.29, 1.82) is 0 Å². The molecule has 0 N–H and O–H groups in total. The Kier molecular flexibility index (Phi) is 6.31. The van der Waals surface area contributed by atoms with Crippen LogP contribution in [0.1, 0.15) is 11.3 Å². The Bertz CT molecular complexity index is 953. The van der Waals surface area contributed by atoms with E-state index in [-0.39, 0.29) is 11.0 Å². The minimum atomic E-state index is -4.62. The average Bonchev–Trinajstić information content (AvgIpc) is 2.66. The van der Waals surface area contributed by atoms with E-state index in [9.17, 15) is 13.2 Å². The van der Waals surface area contributed by atoms with Crippen LogP contribution >= 0.6 is 23.4 Å². The maximum atomic E-state index is 13.2. The van der Waals surface area contributed by atoms with Crippen LogP contribution in [0, 0.1) is 0 Å². The number of thioether (sulfide) groups is 1. The Morgan fingerprint density at radius 3 is 2.36 bits per heavy atom. The third kappa shape index (κ3) is 5.53. The second-order valence-electron chi connectivity index (χ2n) is 5.57. The van der Waals surface area contributed by atoms with Crippen molar-refractivity contribution in [2.75, 3.05) is 7.11 Å². The number of methoxy groups -OCH3 is 1. The van der Waals surface area contributed by atoms with Crippen LogP contribution in [0.3, 0.4) is 0 Å². The van der Waals surface area contributed by atoms with Crippen LogP contribution in [0.2, 0.25) is 5.02 Å². The van der Waals surface area contributed by atoms with Crippen LogP contribution in [0.4, 0.5) is 13.2 Å². The maximum Gasteiger partial charge on any atom is 0.433 e. The van der Waals surface area contributed by atoms with Crippen molar-refractivity contribution in [3.8, 4) is 17.4 Å². The van der Waals surface area contributed by atoms with Gasteiger partial charge in [0.15, 0.2) is 10.9 Å². The molecule has 0 fully saturated rings. The van der Waals surface area contributed by atoms with Crippen LogP contribution in [-0.4, -0.2) is 17.1 Å². The summed E-state index contributed by atoms with van der Waals surface area (Å²) < 4.78 is 50.2. The van der Waals surface area contributed by atoms with E-state index in [1.54, 1.807) is 42.5 Å². The van der Waals surface area contributed by atoms with Gasteiger partial charge in [-0.1, -0.05) is 35.5 Å².